The summed E-state index contributed by atoms with van der Waals surface area (Å²) in [7, 11) is 1.80. The van der Waals surface area contributed by atoms with Crippen LogP contribution in [0.1, 0.15) is 19.0 Å². The van der Waals surface area contributed by atoms with E-state index in [1.54, 1.807) is 34.8 Å². The Morgan fingerprint density at radius 2 is 2.00 bits per heavy atom. The first-order chi connectivity index (χ1) is 8.61. The number of aryl methyl sites for hydroxylation is 2. The third-order valence-corrected chi connectivity index (χ3v) is 2.69. The van der Waals surface area contributed by atoms with Gasteiger partial charge < -0.3 is 4.57 Å². The zero-order chi connectivity index (χ0) is 13.1. The molecule has 18 heavy (non-hydrogen) atoms. The lowest BCUT2D eigenvalue weighted by molar-refractivity contribution is 0.564. The number of rotatable bonds is 4. The van der Waals surface area contributed by atoms with Gasteiger partial charge >= 0.3 is 5.69 Å². The van der Waals surface area contributed by atoms with Crippen LogP contribution in [0, 0.1) is 0 Å². The van der Waals surface area contributed by atoms with E-state index in [1.165, 1.54) is 10.6 Å². The van der Waals surface area contributed by atoms with Crippen LogP contribution in [0.3, 0.4) is 0 Å². The summed E-state index contributed by atoms with van der Waals surface area (Å²) in [5.74, 6) is 0. The average Bonchev–Trinajstić information content (AvgIpc) is 2.74. The zero-order valence-corrected chi connectivity index (χ0v) is 10.5. The molecule has 0 saturated heterocycles. The second-order valence-electron chi connectivity index (χ2n) is 4.20. The molecule has 0 atom stereocenters. The summed E-state index contributed by atoms with van der Waals surface area (Å²) in [6.07, 6.45) is 4.18. The highest BCUT2D eigenvalue weighted by Gasteiger charge is 2.07. The topological polar surface area (TPSA) is 61.8 Å². The van der Waals surface area contributed by atoms with E-state index in [1.807, 2.05) is 6.92 Å². The van der Waals surface area contributed by atoms with Crippen LogP contribution in [0.2, 0.25) is 0 Å². The summed E-state index contributed by atoms with van der Waals surface area (Å²) in [4.78, 5) is 23.8. The van der Waals surface area contributed by atoms with E-state index in [0.717, 1.165) is 6.42 Å². The van der Waals surface area contributed by atoms with Gasteiger partial charge in [-0.2, -0.15) is 5.10 Å². The maximum absolute atomic E-state index is 12.1. The zero-order valence-electron chi connectivity index (χ0n) is 10.5. The predicted molar refractivity (Wildman–Crippen MR) is 67.6 cm³/mol. The lowest BCUT2D eigenvalue weighted by Gasteiger charge is -2.07. The first kappa shape index (κ1) is 12.3. The lowest BCUT2D eigenvalue weighted by atomic mass is 10.4. The van der Waals surface area contributed by atoms with Crippen molar-refractivity contribution in [2.45, 2.75) is 26.4 Å². The van der Waals surface area contributed by atoms with Crippen LogP contribution < -0.4 is 11.2 Å². The largest absolute Gasteiger partial charge is 0.331 e. The minimum atomic E-state index is -0.294. The molecule has 2 aromatic rings. The fraction of sp³-hybridized carbons (Fsp3) is 0.417. The van der Waals surface area contributed by atoms with Crippen molar-refractivity contribution < 1.29 is 0 Å². The van der Waals surface area contributed by atoms with Crippen molar-refractivity contribution in [1.82, 2.24) is 18.9 Å². The highest BCUT2D eigenvalue weighted by atomic mass is 16.2. The summed E-state index contributed by atoms with van der Waals surface area (Å²) in [6.45, 7) is 2.81. The summed E-state index contributed by atoms with van der Waals surface area (Å²) in [6, 6.07) is 3.21. The summed E-state index contributed by atoms with van der Waals surface area (Å²) in [5, 5.41) is 4.17. The molecule has 0 aliphatic heterocycles. The number of hydrogen-bond acceptors (Lipinski definition) is 3. The third kappa shape index (κ3) is 2.42. The molecule has 0 saturated carbocycles. The molecule has 0 aromatic carbocycles. The normalized spacial score (nSPS) is 10.8. The maximum Gasteiger partial charge on any atom is 0.331 e. The van der Waals surface area contributed by atoms with Gasteiger partial charge in [-0.25, -0.2) is 4.79 Å². The number of nitrogens with zero attached hydrogens (tertiary/aromatic N) is 4. The quantitative estimate of drug-likeness (QED) is 0.776. The van der Waals surface area contributed by atoms with Gasteiger partial charge in [-0.3, -0.25) is 14.0 Å². The highest BCUT2D eigenvalue weighted by molar-refractivity contribution is 5.00. The van der Waals surface area contributed by atoms with E-state index < -0.39 is 0 Å². The van der Waals surface area contributed by atoms with Gasteiger partial charge in [0.1, 0.15) is 0 Å². The lowest BCUT2D eigenvalue weighted by Crippen LogP contribution is -2.39. The van der Waals surface area contributed by atoms with Crippen molar-refractivity contribution in [2.24, 2.45) is 7.05 Å². The van der Waals surface area contributed by atoms with Crippen molar-refractivity contribution in [3.8, 4) is 0 Å². The Morgan fingerprint density at radius 1 is 1.22 bits per heavy atom. The summed E-state index contributed by atoms with van der Waals surface area (Å²) in [5.41, 5.74) is 0.124. The Morgan fingerprint density at radius 3 is 2.61 bits per heavy atom. The third-order valence-electron chi connectivity index (χ3n) is 2.69. The van der Waals surface area contributed by atoms with Crippen LogP contribution in [0.4, 0.5) is 0 Å². The minimum Gasteiger partial charge on any atom is -0.300 e. The van der Waals surface area contributed by atoms with Gasteiger partial charge in [0.05, 0.1) is 12.2 Å². The van der Waals surface area contributed by atoms with E-state index >= 15 is 0 Å². The van der Waals surface area contributed by atoms with Gasteiger partial charge in [0, 0.05) is 32.1 Å². The van der Waals surface area contributed by atoms with E-state index in [0.29, 0.717) is 12.2 Å². The molecule has 2 rings (SSSR count). The Labute approximate surface area is 104 Å². The molecule has 0 N–H and O–H groups in total. The molecule has 0 amide bonds. The average molecular weight is 248 g/mol. The Kier molecular flexibility index (Phi) is 3.45. The predicted octanol–water partition coefficient (Wildman–Crippen LogP) is 0.202. The first-order valence-corrected chi connectivity index (χ1v) is 5.90. The molecule has 0 aliphatic carbocycles. The van der Waals surface area contributed by atoms with Gasteiger partial charge in [-0.1, -0.05) is 6.92 Å². The molecule has 0 radical (unpaired) electrons. The molecule has 0 fully saturated rings. The van der Waals surface area contributed by atoms with Crippen molar-refractivity contribution in [3.63, 3.8) is 0 Å². The minimum absolute atomic E-state index is 0.211. The van der Waals surface area contributed by atoms with Crippen molar-refractivity contribution >= 4 is 0 Å². The molecule has 2 heterocycles. The molecule has 0 spiro atoms. The second-order valence-corrected chi connectivity index (χ2v) is 4.20. The molecular formula is C12H16N4O2. The first-order valence-electron chi connectivity index (χ1n) is 5.90. The van der Waals surface area contributed by atoms with Crippen molar-refractivity contribution in [1.29, 1.82) is 0 Å². The van der Waals surface area contributed by atoms with Gasteiger partial charge in [0.15, 0.2) is 0 Å². The maximum atomic E-state index is 12.1. The van der Waals surface area contributed by atoms with Crippen molar-refractivity contribution in [3.05, 3.63) is 51.1 Å². The molecule has 0 unspecified atom stereocenters. The Bertz CT molecular complexity index is 651. The molecule has 6 nitrogen and oxygen atoms in total. The Hall–Kier alpha value is -2.11. The summed E-state index contributed by atoms with van der Waals surface area (Å²) < 4.78 is 4.40. The summed E-state index contributed by atoms with van der Waals surface area (Å²) >= 11 is 0. The standard InChI is InChI=1S/C12H16N4O2/c1-3-6-15-8-5-11(17)16(12(15)18)9-10-4-7-14(2)13-10/h4-5,7-8H,3,6,9H2,1-2H3. The van der Waals surface area contributed by atoms with Crippen LogP contribution >= 0.6 is 0 Å². The number of aromatic nitrogens is 4. The van der Waals surface area contributed by atoms with Gasteiger partial charge in [-0.15, -0.1) is 0 Å². The van der Waals surface area contributed by atoms with Crippen LogP contribution in [0.25, 0.3) is 0 Å². The molecule has 2 aromatic heterocycles. The molecule has 96 valence electrons. The van der Waals surface area contributed by atoms with Crippen LogP contribution in [0.5, 0.6) is 0 Å². The van der Waals surface area contributed by atoms with Gasteiger partial charge in [-0.05, 0) is 12.5 Å². The molecular weight excluding hydrogens is 232 g/mol. The molecule has 0 bridgehead atoms. The van der Waals surface area contributed by atoms with Crippen LogP contribution in [-0.2, 0) is 20.1 Å². The van der Waals surface area contributed by atoms with E-state index in [2.05, 4.69) is 5.10 Å². The van der Waals surface area contributed by atoms with Crippen LogP contribution in [0.15, 0.2) is 34.1 Å². The number of hydrogen-bond donors (Lipinski definition) is 0. The fourth-order valence-electron chi connectivity index (χ4n) is 1.82. The molecule has 0 aliphatic rings. The van der Waals surface area contributed by atoms with Gasteiger partial charge in [0.25, 0.3) is 5.56 Å². The smallest absolute Gasteiger partial charge is 0.300 e. The molecule has 6 heteroatoms. The van der Waals surface area contributed by atoms with E-state index in [9.17, 15) is 9.59 Å². The van der Waals surface area contributed by atoms with E-state index in [4.69, 9.17) is 0 Å². The van der Waals surface area contributed by atoms with E-state index in [-0.39, 0.29) is 17.8 Å². The highest BCUT2D eigenvalue weighted by Crippen LogP contribution is 1.95. The monoisotopic (exact) mass is 248 g/mol. The van der Waals surface area contributed by atoms with Crippen LogP contribution in [-0.4, -0.2) is 18.9 Å². The SMILES string of the molecule is CCCn1ccc(=O)n(Cc2ccn(C)n2)c1=O. The second kappa shape index (κ2) is 5.03. The van der Waals surface area contributed by atoms with Gasteiger partial charge in [0.2, 0.25) is 0 Å². The fourth-order valence-corrected chi connectivity index (χ4v) is 1.82. The van der Waals surface area contributed by atoms with Crippen molar-refractivity contribution in [2.75, 3.05) is 0 Å². The Balaban J connectivity index is 2.40.